The van der Waals surface area contributed by atoms with Gasteiger partial charge in [0.2, 0.25) is 0 Å². The summed E-state index contributed by atoms with van der Waals surface area (Å²) in [6.07, 6.45) is 0.391. The first kappa shape index (κ1) is 16.7. The lowest BCUT2D eigenvalue weighted by Crippen LogP contribution is -2.30. The normalized spacial score (nSPS) is 17.0. The highest BCUT2D eigenvalue weighted by atomic mass is 79.9. The zero-order chi connectivity index (χ0) is 14.6. The Morgan fingerprint density at radius 3 is 2.16 bits per heavy atom. The maximum absolute atomic E-state index is 10.5. The van der Waals surface area contributed by atoms with Crippen LogP contribution in [-0.2, 0) is 0 Å². The largest absolute Gasteiger partial charge is 0.392 e. The van der Waals surface area contributed by atoms with Crippen molar-refractivity contribution in [2.75, 3.05) is 6.54 Å². The van der Waals surface area contributed by atoms with Crippen molar-refractivity contribution >= 4 is 15.9 Å². The molecule has 19 heavy (non-hydrogen) atoms. The van der Waals surface area contributed by atoms with E-state index in [0.29, 0.717) is 12.5 Å². The molecule has 3 unspecified atom stereocenters. The lowest BCUT2D eigenvalue weighted by Gasteiger charge is -2.31. The molecule has 0 aliphatic carbocycles. The summed E-state index contributed by atoms with van der Waals surface area (Å²) in [5.74, 6) is 0.463. The van der Waals surface area contributed by atoms with Crippen molar-refractivity contribution in [3.63, 3.8) is 0 Å². The van der Waals surface area contributed by atoms with Gasteiger partial charge in [0.15, 0.2) is 0 Å². The Labute approximate surface area is 125 Å². The molecule has 0 aromatic heterocycles. The quantitative estimate of drug-likeness (QED) is 0.860. The monoisotopic (exact) mass is 327 g/mol. The molecule has 1 aromatic carbocycles. The van der Waals surface area contributed by atoms with Crippen molar-refractivity contribution in [2.45, 2.75) is 46.1 Å². The molecule has 0 aliphatic heterocycles. The number of halogens is 1. The van der Waals surface area contributed by atoms with Gasteiger partial charge in [-0.2, -0.15) is 0 Å². The van der Waals surface area contributed by atoms with Gasteiger partial charge in [0.05, 0.1) is 6.10 Å². The van der Waals surface area contributed by atoms with Crippen LogP contribution in [0.5, 0.6) is 0 Å². The fourth-order valence-electron chi connectivity index (χ4n) is 2.11. The number of aliphatic hydroxyl groups excluding tert-OH is 1. The highest BCUT2D eigenvalue weighted by Gasteiger charge is 2.27. The fourth-order valence-corrected chi connectivity index (χ4v) is 2.37. The van der Waals surface area contributed by atoms with Gasteiger partial charge >= 0.3 is 0 Å². The predicted molar refractivity (Wildman–Crippen MR) is 85.2 cm³/mol. The van der Waals surface area contributed by atoms with Crippen LogP contribution in [0.1, 0.15) is 45.6 Å². The molecule has 0 aliphatic rings. The summed E-state index contributed by atoms with van der Waals surface area (Å²) >= 11 is 3.43. The van der Waals surface area contributed by atoms with E-state index < -0.39 is 0 Å². The summed E-state index contributed by atoms with van der Waals surface area (Å²) in [7, 11) is 0. The Kier molecular flexibility index (Phi) is 6.03. The van der Waals surface area contributed by atoms with E-state index in [1.807, 2.05) is 24.3 Å². The lowest BCUT2D eigenvalue weighted by molar-refractivity contribution is 0.0894. The Bertz CT molecular complexity index is 383. The summed E-state index contributed by atoms with van der Waals surface area (Å²) in [4.78, 5) is 0. The molecule has 108 valence electrons. The SMILES string of the molecule is CC(CC(O)C(CN)c1ccc(Br)cc1)C(C)(C)C. The molecule has 2 nitrogen and oxygen atoms in total. The molecule has 0 fully saturated rings. The molecule has 0 amide bonds. The minimum atomic E-state index is -0.389. The lowest BCUT2D eigenvalue weighted by atomic mass is 9.76. The molecule has 0 saturated carbocycles. The summed E-state index contributed by atoms with van der Waals surface area (Å²) in [6, 6.07) is 8.06. The van der Waals surface area contributed by atoms with Crippen molar-refractivity contribution in [3.8, 4) is 0 Å². The van der Waals surface area contributed by atoms with Crippen molar-refractivity contribution in [3.05, 3.63) is 34.3 Å². The first-order chi connectivity index (χ1) is 8.75. The van der Waals surface area contributed by atoms with E-state index in [0.717, 1.165) is 16.5 Å². The van der Waals surface area contributed by atoms with Crippen molar-refractivity contribution in [1.29, 1.82) is 0 Å². The van der Waals surface area contributed by atoms with E-state index in [1.165, 1.54) is 0 Å². The molecule has 3 atom stereocenters. The number of hydrogen-bond donors (Lipinski definition) is 2. The minimum Gasteiger partial charge on any atom is -0.392 e. The Balaban J connectivity index is 2.77. The zero-order valence-electron chi connectivity index (χ0n) is 12.4. The highest BCUT2D eigenvalue weighted by molar-refractivity contribution is 9.10. The number of rotatable bonds is 5. The van der Waals surface area contributed by atoms with Crippen molar-refractivity contribution < 1.29 is 5.11 Å². The molecule has 3 N–H and O–H groups in total. The second-order valence-electron chi connectivity index (χ2n) is 6.46. The van der Waals surface area contributed by atoms with Gasteiger partial charge in [-0.3, -0.25) is 0 Å². The molecular formula is C16H26BrNO. The topological polar surface area (TPSA) is 46.2 Å². The van der Waals surface area contributed by atoms with Crippen molar-refractivity contribution in [1.82, 2.24) is 0 Å². The highest BCUT2D eigenvalue weighted by Crippen LogP contribution is 2.32. The minimum absolute atomic E-state index is 0.0119. The standard InChI is InChI=1S/C16H26BrNO/c1-11(16(2,3)4)9-15(19)14(10-18)12-5-7-13(17)8-6-12/h5-8,11,14-15,19H,9-10,18H2,1-4H3. The number of aliphatic hydroxyl groups is 1. The van der Waals surface area contributed by atoms with Crippen LogP contribution in [0.2, 0.25) is 0 Å². The maximum atomic E-state index is 10.5. The predicted octanol–water partition coefficient (Wildman–Crippen LogP) is 3.92. The first-order valence-electron chi connectivity index (χ1n) is 6.89. The van der Waals surface area contributed by atoms with E-state index in [2.05, 4.69) is 43.6 Å². The van der Waals surface area contributed by atoms with Gasteiger partial charge in [0, 0.05) is 16.9 Å². The Morgan fingerprint density at radius 2 is 1.74 bits per heavy atom. The third-order valence-electron chi connectivity index (χ3n) is 4.09. The first-order valence-corrected chi connectivity index (χ1v) is 7.68. The molecule has 0 heterocycles. The van der Waals surface area contributed by atoms with Gasteiger partial charge in [-0.1, -0.05) is 55.8 Å². The van der Waals surface area contributed by atoms with Crippen LogP contribution in [0.15, 0.2) is 28.7 Å². The van der Waals surface area contributed by atoms with E-state index >= 15 is 0 Å². The average molecular weight is 328 g/mol. The van der Waals surface area contributed by atoms with Crippen LogP contribution in [0.4, 0.5) is 0 Å². The summed E-state index contributed by atoms with van der Waals surface area (Å²) in [5, 5.41) is 10.5. The van der Waals surface area contributed by atoms with Gasteiger partial charge < -0.3 is 10.8 Å². The molecule has 0 saturated heterocycles. The summed E-state index contributed by atoms with van der Waals surface area (Å²) in [6.45, 7) is 9.29. The van der Waals surface area contributed by atoms with Crippen LogP contribution >= 0.6 is 15.9 Å². The van der Waals surface area contributed by atoms with Gasteiger partial charge in [0.1, 0.15) is 0 Å². The van der Waals surface area contributed by atoms with E-state index in [9.17, 15) is 5.11 Å². The Hall–Kier alpha value is -0.380. The van der Waals surface area contributed by atoms with Crippen LogP contribution in [0.3, 0.4) is 0 Å². The van der Waals surface area contributed by atoms with Gasteiger partial charge in [-0.15, -0.1) is 0 Å². The second-order valence-corrected chi connectivity index (χ2v) is 7.38. The van der Waals surface area contributed by atoms with Gasteiger partial charge in [0.25, 0.3) is 0 Å². The molecule has 1 rings (SSSR count). The van der Waals surface area contributed by atoms with Crippen LogP contribution < -0.4 is 5.73 Å². The molecular weight excluding hydrogens is 302 g/mol. The van der Waals surface area contributed by atoms with Crippen LogP contribution in [-0.4, -0.2) is 17.8 Å². The third-order valence-corrected chi connectivity index (χ3v) is 4.62. The smallest absolute Gasteiger partial charge is 0.0623 e. The molecule has 0 spiro atoms. The molecule has 0 bridgehead atoms. The number of benzene rings is 1. The average Bonchev–Trinajstić information content (AvgIpc) is 2.31. The second kappa shape index (κ2) is 6.87. The fraction of sp³-hybridized carbons (Fsp3) is 0.625. The molecule has 3 heteroatoms. The van der Waals surface area contributed by atoms with E-state index in [1.54, 1.807) is 0 Å². The van der Waals surface area contributed by atoms with Crippen molar-refractivity contribution in [2.24, 2.45) is 17.1 Å². The summed E-state index contributed by atoms with van der Waals surface area (Å²) in [5.41, 5.74) is 7.18. The number of nitrogens with two attached hydrogens (primary N) is 1. The van der Waals surface area contributed by atoms with Crippen LogP contribution in [0.25, 0.3) is 0 Å². The maximum Gasteiger partial charge on any atom is 0.0623 e. The zero-order valence-corrected chi connectivity index (χ0v) is 13.9. The third kappa shape index (κ3) is 4.90. The van der Waals surface area contributed by atoms with Crippen LogP contribution in [0, 0.1) is 11.3 Å². The molecule has 0 radical (unpaired) electrons. The van der Waals surface area contributed by atoms with E-state index in [-0.39, 0.29) is 17.4 Å². The molecule has 1 aromatic rings. The van der Waals surface area contributed by atoms with E-state index in [4.69, 9.17) is 5.73 Å². The van der Waals surface area contributed by atoms with Gasteiger partial charge in [-0.25, -0.2) is 0 Å². The van der Waals surface area contributed by atoms with Gasteiger partial charge in [-0.05, 0) is 35.4 Å². The Morgan fingerprint density at radius 1 is 1.21 bits per heavy atom. The number of hydrogen-bond acceptors (Lipinski definition) is 2. The summed E-state index contributed by atoms with van der Waals surface area (Å²) < 4.78 is 1.05.